The highest BCUT2D eigenvalue weighted by molar-refractivity contribution is 6.42. The summed E-state index contributed by atoms with van der Waals surface area (Å²) in [6.07, 6.45) is 0.722. The van der Waals surface area contributed by atoms with Crippen LogP contribution in [0, 0.1) is 5.92 Å². The molecule has 4 N–H and O–H groups in total. The first-order chi connectivity index (χ1) is 9.35. The third-order valence-electron chi connectivity index (χ3n) is 2.98. The number of nitrogens with two attached hydrogens (primary N) is 1. The summed E-state index contributed by atoms with van der Waals surface area (Å²) in [5, 5.41) is 5.86. The molecule has 1 aromatic carbocycles. The number of primary amides is 1. The number of nitrogens with one attached hydrogen (secondary N) is 2. The van der Waals surface area contributed by atoms with Crippen LogP contribution < -0.4 is 16.4 Å². The molecule has 0 saturated heterocycles. The van der Waals surface area contributed by atoms with E-state index in [-0.39, 0.29) is 11.8 Å². The molecule has 5 nitrogen and oxygen atoms in total. The number of rotatable bonds is 5. The number of hydrogen-bond acceptors (Lipinski definition) is 2. The first-order valence-corrected chi connectivity index (χ1v) is 6.92. The molecule has 0 aliphatic rings. The van der Waals surface area contributed by atoms with Crippen molar-refractivity contribution in [3.8, 4) is 0 Å². The van der Waals surface area contributed by atoms with Crippen LogP contribution in [-0.4, -0.2) is 18.0 Å². The van der Waals surface area contributed by atoms with Gasteiger partial charge in [0.1, 0.15) is 6.04 Å². The molecule has 3 amide bonds. The Hall–Kier alpha value is -1.46. The lowest BCUT2D eigenvalue weighted by atomic mass is 9.98. The summed E-state index contributed by atoms with van der Waals surface area (Å²) in [4.78, 5) is 23.2. The highest BCUT2D eigenvalue weighted by Crippen LogP contribution is 2.25. The van der Waals surface area contributed by atoms with Crippen molar-refractivity contribution in [2.45, 2.75) is 26.3 Å². The van der Waals surface area contributed by atoms with Crippen molar-refractivity contribution < 1.29 is 9.59 Å². The Labute approximate surface area is 127 Å². The van der Waals surface area contributed by atoms with E-state index in [1.54, 1.807) is 18.2 Å². The molecule has 0 fully saturated rings. The van der Waals surface area contributed by atoms with Gasteiger partial charge in [-0.15, -0.1) is 0 Å². The van der Waals surface area contributed by atoms with Gasteiger partial charge in [-0.1, -0.05) is 43.5 Å². The summed E-state index contributed by atoms with van der Waals surface area (Å²) in [6.45, 7) is 3.78. The predicted molar refractivity (Wildman–Crippen MR) is 81.1 cm³/mol. The van der Waals surface area contributed by atoms with Crippen LogP contribution in [0.5, 0.6) is 0 Å². The molecule has 0 spiro atoms. The van der Waals surface area contributed by atoms with Gasteiger partial charge in [0.25, 0.3) is 0 Å². The summed E-state index contributed by atoms with van der Waals surface area (Å²) < 4.78 is 0. The van der Waals surface area contributed by atoms with E-state index in [4.69, 9.17) is 28.9 Å². The Balaban J connectivity index is 2.84. The molecule has 0 bridgehead atoms. The first-order valence-electron chi connectivity index (χ1n) is 6.17. The molecule has 0 radical (unpaired) electrons. The summed E-state index contributed by atoms with van der Waals surface area (Å²) >= 11 is 11.7. The number of hydrogen-bond donors (Lipinski definition) is 3. The molecule has 110 valence electrons. The third kappa shape index (κ3) is 4.58. The zero-order chi connectivity index (χ0) is 15.3. The van der Waals surface area contributed by atoms with Gasteiger partial charge >= 0.3 is 6.03 Å². The van der Waals surface area contributed by atoms with Crippen LogP contribution in [0.4, 0.5) is 10.5 Å². The fraction of sp³-hybridized carbons (Fsp3) is 0.385. The van der Waals surface area contributed by atoms with Gasteiger partial charge in [0.05, 0.1) is 10.0 Å². The summed E-state index contributed by atoms with van der Waals surface area (Å²) in [5.74, 6) is -0.401. The quantitative estimate of drug-likeness (QED) is 0.779. The van der Waals surface area contributed by atoms with E-state index in [1.165, 1.54) is 0 Å². The van der Waals surface area contributed by atoms with E-state index < -0.39 is 12.1 Å². The van der Waals surface area contributed by atoms with Crippen molar-refractivity contribution in [2.75, 3.05) is 5.32 Å². The van der Waals surface area contributed by atoms with Crippen LogP contribution in [0.25, 0.3) is 0 Å². The van der Waals surface area contributed by atoms with Crippen LogP contribution >= 0.6 is 23.2 Å². The topological polar surface area (TPSA) is 84.2 Å². The smallest absolute Gasteiger partial charge is 0.312 e. The standard InChI is InChI=1S/C13H17Cl2N3O2/c1-3-7(2)11(18-13(16)20)12(19)17-8-4-5-9(14)10(15)6-8/h4-7,11H,3H2,1-2H3,(H,17,19)(H3,16,18,20)/t7-,11-/m0/s1. The van der Waals surface area contributed by atoms with Crippen molar-refractivity contribution in [2.24, 2.45) is 11.7 Å². The maximum Gasteiger partial charge on any atom is 0.312 e. The molecule has 0 unspecified atom stereocenters. The van der Waals surface area contributed by atoms with Gasteiger partial charge < -0.3 is 16.4 Å². The first kappa shape index (κ1) is 16.6. The van der Waals surface area contributed by atoms with Gasteiger partial charge in [0.15, 0.2) is 0 Å². The molecule has 0 heterocycles. The second kappa shape index (κ2) is 7.36. The van der Waals surface area contributed by atoms with Gasteiger partial charge in [-0.25, -0.2) is 4.79 Å². The summed E-state index contributed by atoms with van der Waals surface area (Å²) in [6, 6.07) is 3.31. The molecule has 0 aliphatic carbocycles. The SMILES string of the molecule is CC[C@H](C)[C@H](NC(N)=O)C(=O)Nc1ccc(Cl)c(Cl)c1. The monoisotopic (exact) mass is 317 g/mol. The zero-order valence-corrected chi connectivity index (χ0v) is 12.8. The average molecular weight is 318 g/mol. The van der Waals surface area contributed by atoms with Crippen molar-refractivity contribution in [1.82, 2.24) is 5.32 Å². The van der Waals surface area contributed by atoms with Gasteiger partial charge in [-0.2, -0.15) is 0 Å². The van der Waals surface area contributed by atoms with Crippen molar-refractivity contribution in [1.29, 1.82) is 0 Å². The largest absolute Gasteiger partial charge is 0.352 e. The maximum atomic E-state index is 12.2. The van der Waals surface area contributed by atoms with E-state index in [2.05, 4.69) is 10.6 Å². The molecular formula is C13H17Cl2N3O2. The molecule has 0 saturated carbocycles. The predicted octanol–water partition coefficient (Wildman–Crippen LogP) is 3.01. The molecule has 1 rings (SSSR count). The normalized spacial score (nSPS) is 13.4. The lowest BCUT2D eigenvalue weighted by molar-refractivity contribution is -0.119. The number of carbonyl (C=O) groups excluding carboxylic acids is 2. The Kier molecular flexibility index (Phi) is 6.10. The fourth-order valence-corrected chi connectivity index (χ4v) is 1.95. The lowest BCUT2D eigenvalue weighted by Crippen LogP contribution is -2.49. The highest BCUT2D eigenvalue weighted by atomic mass is 35.5. The maximum absolute atomic E-state index is 12.2. The lowest BCUT2D eigenvalue weighted by Gasteiger charge is -2.22. The van der Waals surface area contributed by atoms with E-state index in [0.717, 1.165) is 6.42 Å². The molecule has 0 aliphatic heterocycles. The number of anilines is 1. The minimum absolute atomic E-state index is 0.0507. The van der Waals surface area contributed by atoms with E-state index in [1.807, 2.05) is 13.8 Å². The molecule has 1 aromatic rings. The number of halogens is 2. The van der Waals surface area contributed by atoms with Crippen molar-refractivity contribution in [3.63, 3.8) is 0 Å². The average Bonchev–Trinajstić information content (AvgIpc) is 2.39. The van der Waals surface area contributed by atoms with Crippen molar-refractivity contribution >= 4 is 40.8 Å². The number of carbonyl (C=O) groups is 2. The van der Waals surface area contributed by atoms with Gasteiger partial charge in [-0.3, -0.25) is 4.79 Å². The second-order valence-electron chi connectivity index (χ2n) is 4.49. The molecule has 7 heteroatoms. The van der Waals surface area contributed by atoms with Gasteiger partial charge in [0.2, 0.25) is 5.91 Å². The second-order valence-corrected chi connectivity index (χ2v) is 5.30. The number of benzene rings is 1. The zero-order valence-electron chi connectivity index (χ0n) is 11.2. The van der Waals surface area contributed by atoms with Crippen LogP contribution in [0.2, 0.25) is 10.0 Å². The number of urea groups is 1. The molecule has 20 heavy (non-hydrogen) atoms. The number of amides is 3. The third-order valence-corrected chi connectivity index (χ3v) is 3.72. The van der Waals surface area contributed by atoms with Gasteiger partial charge in [-0.05, 0) is 24.1 Å². The van der Waals surface area contributed by atoms with E-state index >= 15 is 0 Å². The summed E-state index contributed by atoms with van der Waals surface area (Å²) in [7, 11) is 0. The Morgan fingerprint density at radius 2 is 1.95 bits per heavy atom. The molecule has 0 aromatic heterocycles. The van der Waals surface area contributed by atoms with Crippen LogP contribution in [-0.2, 0) is 4.79 Å². The van der Waals surface area contributed by atoms with Gasteiger partial charge in [0, 0.05) is 5.69 Å². The Morgan fingerprint density at radius 3 is 2.45 bits per heavy atom. The fourth-order valence-electron chi connectivity index (χ4n) is 1.65. The van der Waals surface area contributed by atoms with E-state index in [0.29, 0.717) is 15.7 Å². The highest BCUT2D eigenvalue weighted by Gasteiger charge is 2.25. The van der Waals surface area contributed by atoms with Crippen LogP contribution in [0.3, 0.4) is 0 Å². The Morgan fingerprint density at radius 1 is 1.30 bits per heavy atom. The Bertz CT molecular complexity index is 508. The minimum Gasteiger partial charge on any atom is -0.352 e. The molecular weight excluding hydrogens is 301 g/mol. The van der Waals surface area contributed by atoms with Crippen molar-refractivity contribution in [3.05, 3.63) is 28.2 Å². The van der Waals surface area contributed by atoms with Crippen LogP contribution in [0.1, 0.15) is 20.3 Å². The molecule has 2 atom stereocenters. The summed E-state index contributed by atoms with van der Waals surface area (Å²) in [5.41, 5.74) is 5.60. The van der Waals surface area contributed by atoms with Crippen LogP contribution in [0.15, 0.2) is 18.2 Å². The minimum atomic E-state index is -0.736. The van der Waals surface area contributed by atoms with E-state index in [9.17, 15) is 9.59 Å².